The van der Waals surface area contributed by atoms with Crippen molar-refractivity contribution in [3.8, 4) is 5.75 Å². The first-order chi connectivity index (χ1) is 11.8. The van der Waals surface area contributed by atoms with Gasteiger partial charge in [-0.05, 0) is 25.0 Å². The molecule has 4 rings (SSSR count). The number of fused-ring (bicyclic) bond motifs is 1. The summed E-state index contributed by atoms with van der Waals surface area (Å²) in [6, 6.07) is 7.59. The van der Waals surface area contributed by atoms with Crippen LogP contribution in [0.2, 0.25) is 5.02 Å². The summed E-state index contributed by atoms with van der Waals surface area (Å²) in [4.78, 5) is 18.3. The molecule has 1 saturated heterocycles. The molecule has 0 spiro atoms. The van der Waals surface area contributed by atoms with E-state index in [4.69, 9.17) is 16.3 Å². The SMILES string of the molecule is Clc1ccccc1OCC1CCCN(c2ncnc3nc[nH]c23)C1. The van der Waals surface area contributed by atoms with Crippen LogP contribution < -0.4 is 9.64 Å². The number of imidazole rings is 1. The number of para-hydroxylation sites is 1. The Labute approximate surface area is 144 Å². The van der Waals surface area contributed by atoms with Crippen LogP contribution in [0.25, 0.3) is 11.2 Å². The molecule has 1 fully saturated rings. The van der Waals surface area contributed by atoms with Gasteiger partial charge in [-0.15, -0.1) is 0 Å². The Hall–Kier alpha value is -2.34. The molecule has 24 heavy (non-hydrogen) atoms. The second-order valence-corrected chi connectivity index (χ2v) is 6.40. The van der Waals surface area contributed by atoms with Crippen LogP contribution >= 0.6 is 11.6 Å². The largest absolute Gasteiger partial charge is 0.492 e. The molecule has 0 radical (unpaired) electrons. The van der Waals surface area contributed by atoms with Crippen LogP contribution in [0.1, 0.15) is 12.8 Å². The van der Waals surface area contributed by atoms with Gasteiger partial charge in [0.25, 0.3) is 0 Å². The summed E-state index contributed by atoms with van der Waals surface area (Å²) in [6.07, 6.45) is 5.47. The highest BCUT2D eigenvalue weighted by atomic mass is 35.5. The van der Waals surface area contributed by atoms with Crippen molar-refractivity contribution in [3.05, 3.63) is 41.9 Å². The van der Waals surface area contributed by atoms with Gasteiger partial charge < -0.3 is 14.6 Å². The number of halogens is 1. The van der Waals surface area contributed by atoms with Gasteiger partial charge in [0, 0.05) is 19.0 Å². The third kappa shape index (κ3) is 3.01. The van der Waals surface area contributed by atoms with Gasteiger partial charge in [-0.2, -0.15) is 0 Å². The van der Waals surface area contributed by atoms with E-state index in [1.165, 1.54) is 0 Å². The van der Waals surface area contributed by atoms with Crippen molar-refractivity contribution in [1.82, 2.24) is 19.9 Å². The number of anilines is 1. The highest BCUT2D eigenvalue weighted by Gasteiger charge is 2.23. The summed E-state index contributed by atoms with van der Waals surface area (Å²) in [7, 11) is 0. The Kier molecular flexibility index (Phi) is 4.21. The standard InChI is InChI=1S/C17H18ClN5O/c18-13-5-1-2-6-14(13)24-9-12-4-3-7-23(8-12)17-15-16(20-10-19-15)21-11-22-17/h1-2,5-6,10-12H,3-4,7-9H2,(H,19,20,21,22). The molecule has 1 N–H and O–H groups in total. The van der Waals surface area contributed by atoms with E-state index in [1.807, 2.05) is 24.3 Å². The minimum Gasteiger partial charge on any atom is -0.492 e. The Morgan fingerprint density at radius 1 is 1.25 bits per heavy atom. The number of H-pyrrole nitrogens is 1. The quantitative estimate of drug-likeness (QED) is 0.787. The van der Waals surface area contributed by atoms with Crippen molar-refractivity contribution >= 4 is 28.6 Å². The lowest BCUT2D eigenvalue weighted by Gasteiger charge is -2.33. The minimum absolute atomic E-state index is 0.433. The molecule has 124 valence electrons. The van der Waals surface area contributed by atoms with E-state index in [2.05, 4.69) is 24.8 Å². The summed E-state index contributed by atoms with van der Waals surface area (Å²) < 4.78 is 5.92. The third-order valence-corrected chi connectivity index (χ3v) is 4.64. The molecule has 0 bridgehead atoms. The molecule has 1 aliphatic heterocycles. The van der Waals surface area contributed by atoms with Gasteiger partial charge in [-0.3, -0.25) is 0 Å². The van der Waals surface area contributed by atoms with Crippen molar-refractivity contribution in [3.63, 3.8) is 0 Å². The lowest BCUT2D eigenvalue weighted by atomic mass is 9.99. The Balaban J connectivity index is 1.46. The molecule has 1 unspecified atom stereocenters. The van der Waals surface area contributed by atoms with Gasteiger partial charge in [0.1, 0.15) is 17.6 Å². The molecular formula is C17H18ClN5O. The molecule has 1 atom stereocenters. The molecule has 2 aromatic heterocycles. The van der Waals surface area contributed by atoms with Gasteiger partial charge in [0.2, 0.25) is 0 Å². The van der Waals surface area contributed by atoms with E-state index in [0.29, 0.717) is 23.2 Å². The Morgan fingerprint density at radius 3 is 3.08 bits per heavy atom. The van der Waals surface area contributed by atoms with Crippen LogP contribution in [0.4, 0.5) is 5.82 Å². The van der Waals surface area contributed by atoms with Gasteiger partial charge in [0.15, 0.2) is 11.5 Å². The maximum atomic E-state index is 6.16. The van der Waals surface area contributed by atoms with Crippen LogP contribution in [0.15, 0.2) is 36.9 Å². The van der Waals surface area contributed by atoms with E-state index in [0.717, 1.165) is 43.0 Å². The molecule has 3 aromatic rings. The number of hydrogen-bond donors (Lipinski definition) is 1. The zero-order valence-electron chi connectivity index (χ0n) is 13.2. The second kappa shape index (κ2) is 6.65. The number of hydrogen-bond acceptors (Lipinski definition) is 5. The predicted molar refractivity (Wildman–Crippen MR) is 93.6 cm³/mol. The van der Waals surface area contributed by atoms with Crippen LogP contribution in [-0.2, 0) is 0 Å². The van der Waals surface area contributed by atoms with E-state index < -0.39 is 0 Å². The van der Waals surface area contributed by atoms with Gasteiger partial charge in [-0.25, -0.2) is 15.0 Å². The zero-order chi connectivity index (χ0) is 16.4. The number of nitrogens with zero attached hydrogens (tertiary/aromatic N) is 4. The smallest absolute Gasteiger partial charge is 0.182 e. The van der Waals surface area contributed by atoms with Crippen molar-refractivity contribution in [2.45, 2.75) is 12.8 Å². The fourth-order valence-corrected chi connectivity index (χ4v) is 3.35. The van der Waals surface area contributed by atoms with Crippen molar-refractivity contribution in [2.24, 2.45) is 5.92 Å². The molecule has 7 heteroatoms. The lowest BCUT2D eigenvalue weighted by molar-refractivity contribution is 0.228. The summed E-state index contributed by atoms with van der Waals surface area (Å²) in [5.74, 6) is 2.09. The molecule has 0 amide bonds. The average molecular weight is 344 g/mol. The summed E-state index contributed by atoms with van der Waals surface area (Å²) in [5.41, 5.74) is 1.60. The fourth-order valence-electron chi connectivity index (χ4n) is 3.15. The first-order valence-corrected chi connectivity index (χ1v) is 8.45. The van der Waals surface area contributed by atoms with Crippen LogP contribution in [0, 0.1) is 5.92 Å². The molecule has 0 aliphatic carbocycles. The Morgan fingerprint density at radius 2 is 2.17 bits per heavy atom. The molecule has 3 heterocycles. The summed E-state index contributed by atoms with van der Waals surface area (Å²) >= 11 is 6.16. The maximum Gasteiger partial charge on any atom is 0.182 e. The first kappa shape index (κ1) is 15.2. The monoisotopic (exact) mass is 343 g/mol. The van der Waals surface area contributed by atoms with Crippen LogP contribution in [0.5, 0.6) is 5.75 Å². The van der Waals surface area contributed by atoms with Crippen molar-refractivity contribution in [2.75, 3.05) is 24.6 Å². The number of aromatic amines is 1. The van der Waals surface area contributed by atoms with E-state index in [-0.39, 0.29) is 0 Å². The van der Waals surface area contributed by atoms with Gasteiger partial charge in [0.05, 0.1) is 18.0 Å². The fraction of sp³-hybridized carbons (Fsp3) is 0.353. The number of benzene rings is 1. The third-order valence-electron chi connectivity index (χ3n) is 4.33. The maximum absolute atomic E-state index is 6.16. The highest BCUT2D eigenvalue weighted by Crippen LogP contribution is 2.28. The summed E-state index contributed by atoms with van der Waals surface area (Å²) in [6.45, 7) is 2.53. The van der Waals surface area contributed by atoms with Crippen LogP contribution in [-0.4, -0.2) is 39.6 Å². The van der Waals surface area contributed by atoms with Gasteiger partial charge in [-0.1, -0.05) is 23.7 Å². The van der Waals surface area contributed by atoms with Crippen molar-refractivity contribution < 1.29 is 4.74 Å². The average Bonchev–Trinajstić information content (AvgIpc) is 3.10. The topological polar surface area (TPSA) is 66.9 Å². The molecular weight excluding hydrogens is 326 g/mol. The number of aromatic nitrogens is 4. The predicted octanol–water partition coefficient (Wildman–Crippen LogP) is 3.30. The highest BCUT2D eigenvalue weighted by molar-refractivity contribution is 6.32. The van der Waals surface area contributed by atoms with Crippen LogP contribution in [0.3, 0.4) is 0 Å². The molecule has 6 nitrogen and oxygen atoms in total. The van der Waals surface area contributed by atoms with E-state index in [1.54, 1.807) is 12.7 Å². The minimum atomic E-state index is 0.433. The normalized spacial score (nSPS) is 18.0. The number of rotatable bonds is 4. The zero-order valence-corrected chi connectivity index (χ0v) is 13.9. The van der Waals surface area contributed by atoms with Crippen molar-refractivity contribution in [1.29, 1.82) is 0 Å². The number of nitrogens with one attached hydrogen (secondary N) is 1. The number of piperidine rings is 1. The molecule has 0 saturated carbocycles. The van der Waals surface area contributed by atoms with E-state index in [9.17, 15) is 0 Å². The number of ether oxygens (including phenoxy) is 1. The second-order valence-electron chi connectivity index (χ2n) is 5.99. The van der Waals surface area contributed by atoms with Gasteiger partial charge >= 0.3 is 0 Å². The first-order valence-electron chi connectivity index (χ1n) is 8.07. The molecule has 1 aliphatic rings. The van der Waals surface area contributed by atoms with E-state index >= 15 is 0 Å². The Bertz CT molecular complexity index is 836. The summed E-state index contributed by atoms with van der Waals surface area (Å²) in [5, 5.41) is 0.653. The molecule has 1 aromatic carbocycles. The lowest BCUT2D eigenvalue weighted by Crippen LogP contribution is -2.38.